The van der Waals surface area contributed by atoms with E-state index in [0.29, 0.717) is 6.04 Å². The number of nitrogens with one attached hydrogen (secondary N) is 1. The van der Waals surface area contributed by atoms with Gasteiger partial charge in [0.25, 0.3) is 0 Å². The molecule has 1 atom stereocenters. The van der Waals surface area contributed by atoms with Gasteiger partial charge in [-0.3, -0.25) is 0 Å². The van der Waals surface area contributed by atoms with Gasteiger partial charge >= 0.3 is 0 Å². The van der Waals surface area contributed by atoms with Crippen molar-refractivity contribution >= 4 is 22.6 Å². The van der Waals surface area contributed by atoms with Gasteiger partial charge in [-0.1, -0.05) is 32.4 Å². The van der Waals surface area contributed by atoms with Crippen molar-refractivity contribution in [3.05, 3.63) is 33.4 Å². The lowest BCUT2D eigenvalue weighted by Crippen LogP contribution is -2.30. The number of aryl methyl sites for hydroxylation is 1. The number of benzene rings is 1. The lowest BCUT2D eigenvalue weighted by Gasteiger charge is -2.17. The highest BCUT2D eigenvalue weighted by Crippen LogP contribution is 2.11. The minimum absolute atomic E-state index is 0.694. The summed E-state index contributed by atoms with van der Waals surface area (Å²) >= 11 is 2.36. The molecule has 1 unspecified atom stereocenters. The molecule has 1 aromatic carbocycles. The minimum Gasteiger partial charge on any atom is -0.314 e. The number of halogens is 1. The van der Waals surface area contributed by atoms with Gasteiger partial charge in [-0.15, -0.1) is 0 Å². The molecule has 0 saturated carbocycles. The fourth-order valence-electron chi connectivity index (χ4n) is 2.04. The van der Waals surface area contributed by atoms with Gasteiger partial charge in [0.15, 0.2) is 0 Å². The van der Waals surface area contributed by atoms with E-state index < -0.39 is 0 Å². The quantitative estimate of drug-likeness (QED) is 0.689. The maximum Gasteiger partial charge on any atom is 0.0130 e. The molecule has 1 aromatic rings. The van der Waals surface area contributed by atoms with Gasteiger partial charge in [-0.05, 0) is 72.5 Å². The average molecular weight is 345 g/mol. The maximum atomic E-state index is 3.65. The minimum atomic E-state index is 0.694. The third-order valence-corrected chi connectivity index (χ3v) is 3.73. The third kappa shape index (κ3) is 6.41. The summed E-state index contributed by atoms with van der Waals surface area (Å²) in [7, 11) is 0. The molecule has 0 spiro atoms. The molecular weight excluding hydrogens is 321 g/mol. The summed E-state index contributed by atoms with van der Waals surface area (Å²) in [6, 6.07) is 9.60. The molecule has 0 aliphatic carbocycles. The molecule has 0 saturated heterocycles. The summed E-state index contributed by atoms with van der Waals surface area (Å²) in [6.45, 7) is 5.65. The average Bonchev–Trinajstić information content (AvgIpc) is 2.35. The van der Waals surface area contributed by atoms with Crippen molar-refractivity contribution in [1.82, 2.24) is 5.32 Å². The van der Waals surface area contributed by atoms with Crippen molar-refractivity contribution in [1.29, 1.82) is 0 Å². The lowest BCUT2D eigenvalue weighted by molar-refractivity contribution is 0.449. The van der Waals surface area contributed by atoms with Crippen LogP contribution in [0.25, 0.3) is 0 Å². The first-order chi connectivity index (χ1) is 8.26. The van der Waals surface area contributed by atoms with E-state index in [0.717, 1.165) is 6.54 Å². The molecule has 17 heavy (non-hydrogen) atoms. The van der Waals surface area contributed by atoms with Gasteiger partial charge in [0.2, 0.25) is 0 Å². The molecule has 0 fully saturated rings. The highest BCUT2D eigenvalue weighted by atomic mass is 127. The second kappa shape index (κ2) is 8.92. The van der Waals surface area contributed by atoms with Crippen LogP contribution in [0, 0.1) is 3.57 Å². The Morgan fingerprint density at radius 3 is 2.35 bits per heavy atom. The molecule has 0 amide bonds. The van der Waals surface area contributed by atoms with Crippen LogP contribution in [0.3, 0.4) is 0 Å². The Morgan fingerprint density at radius 2 is 1.76 bits per heavy atom. The molecule has 1 N–H and O–H groups in total. The Bertz CT molecular complexity index is 294. The number of rotatable bonds is 8. The fraction of sp³-hybridized carbons (Fsp3) is 0.600. The zero-order chi connectivity index (χ0) is 12.5. The van der Waals surface area contributed by atoms with Crippen molar-refractivity contribution < 1.29 is 0 Å². The zero-order valence-corrected chi connectivity index (χ0v) is 13.2. The predicted molar refractivity (Wildman–Crippen MR) is 84.5 cm³/mol. The van der Waals surface area contributed by atoms with E-state index in [2.05, 4.69) is 66.0 Å². The monoisotopic (exact) mass is 345 g/mol. The summed E-state index contributed by atoms with van der Waals surface area (Å²) in [6.07, 6.45) is 6.24. The number of hydrogen-bond donors (Lipinski definition) is 1. The first-order valence-corrected chi connectivity index (χ1v) is 7.82. The Kier molecular flexibility index (Phi) is 7.86. The smallest absolute Gasteiger partial charge is 0.0130 e. The van der Waals surface area contributed by atoms with Gasteiger partial charge in [0.05, 0.1) is 0 Å². The van der Waals surface area contributed by atoms with Crippen LogP contribution < -0.4 is 5.32 Å². The van der Waals surface area contributed by atoms with Crippen molar-refractivity contribution in [2.75, 3.05) is 6.54 Å². The first-order valence-electron chi connectivity index (χ1n) is 6.74. The van der Waals surface area contributed by atoms with E-state index in [4.69, 9.17) is 0 Å². The molecule has 96 valence electrons. The molecule has 0 bridgehead atoms. The van der Waals surface area contributed by atoms with Crippen LogP contribution in [0.1, 0.15) is 45.1 Å². The molecule has 0 radical (unpaired) electrons. The fourth-order valence-corrected chi connectivity index (χ4v) is 2.40. The van der Waals surface area contributed by atoms with Crippen LogP contribution in [0.5, 0.6) is 0 Å². The summed E-state index contributed by atoms with van der Waals surface area (Å²) in [5.41, 5.74) is 1.46. The van der Waals surface area contributed by atoms with Crippen LogP contribution in [-0.4, -0.2) is 12.6 Å². The van der Waals surface area contributed by atoms with Gasteiger partial charge in [0.1, 0.15) is 0 Å². The van der Waals surface area contributed by atoms with E-state index in [-0.39, 0.29) is 0 Å². The number of hydrogen-bond acceptors (Lipinski definition) is 1. The topological polar surface area (TPSA) is 12.0 Å². The molecule has 0 aliphatic heterocycles. The summed E-state index contributed by atoms with van der Waals surface area (Å²) in [5, 5.41) is 3.65. The predicted octanol–water partition coefficient (Wildman–Crippen LogP) is 4.39. The Morgan fingerprint density at radius 1 is 1.06 bits per heavy atom. The second-order valence-corrected chi connectivity index (χ2v) is 5.85. The first kappa shape index (κ1) is 15.0. The van der Waals surface area contributed by atoms with Gasteiger partial charge in [-0.25, -0.2) is 0 Å². The highest BCUT2D eigenvalue weighted by Gasteiger charge is 2.06. The Balaban J connectivity index is 2.37. The normalized spacial score (nSPS) is 12.6. The maximum absolute atomic E-state index is 3.65. The van der Waals surface area contributed by atoms with Crippen molar-refractivity contribution in [3.8, 4) is 0 Å². The second-order valence-electron chi connectivity index (χ2n) is 4.60. The molecule has 2 heteroatoms. The van der Waals surface area contributed by atoms with E-state index in [1.54, 1.807) is 0 Å². The molecule has 0 heterocycles. The van der Waals surface area contributed by atoms with Crippen LogP contribution in [0.2, 0.25) is 0 Å². The summed E-state index contributed by atoms with van der Waals surface area (Å²) < 4.78 is 1.32. The van der Waals surface area contributed by atoms with Crippen molar-refractivity contribution in [2.45, 2.75) is 52.0 Å². The van der Waals surface area contributed by atoms with E-state index >= 15 is 0 Å². The van der Waals surface area contributed by atoms with Crippen LogP contribution in [0.15, 0.2) is 24.3 Å². The molecule has 0 aliphatic rings. The summed E-state index contributed by atoms with van der Waals surface area (Å²) in [4.78, 5) is 0. The van der Waals surface area contributed by atoms with Crippen LogP contribution in [-0.2, 0) is 6.42 Å². The Labute approximate surface area is 120 Å². The van der Waals surface area contributed by atoms with Gasteiger partial charge < -0.3 is 5.32 Å². The SMILES string of the molecule is CCCNC(CCC)CCc1ccc(I)cc1. The van der Waals surface area contributed by atoms with Crippen LogP contribution >= 0.6 is 22.6 Å². The lowest BCUT2D eigenvalue weighted by atomic mass is 10.0. The van der Waals surface area contributed by atoms with Gasteiger partial charge in [0, 0.05) is 9.61 Å². The standard InChI is InChI=1S/C15H24IN/c1-3-5-15(17-12-4-2)11-8-13-6-9-14(16)10-7-13/h6-7,9-10,15,17H,3-5,8,11-12H2,1-2H3. The van der Waals surface area contributed by atoms with E-state index in [1.807, 2.05) is 0 Å². The van der Waals surface area contributed by atoms with Crippen molar-refractivity contribution in [2.24, 2.45) is 0 Å². The third-order valence-electron chi connectivity index (χ3n) is 3.01. The Hall–Kier alpha value is -0.0900. The van der Waals surface area contributed by atoms with Crippen LogP contribution in [0.4, 0.5) is 0 Å². The van der Waals surface area contributed by atoms with Crippen molar-refractivity contribution in [3.63, 3.8) is 0 Å². The van der Waals surface area contributed by atoms with Gasteiger partial charge in [-0.2, -0.15) is 0 Å². The zero-order valence-electron chi connectivity index (χ0n) is 11.0. The largest absolute Gasteiger partial charge is 0.314 e. The summed E-state index contributed by atoms with van der Waals surface area (Å²) in [5.74, 6) is 0. The van der Waals surface area contributed by atoms with E-state index in [1.165, 1.54) is 41.2 Å². The molecule has 0 aromatic heterocycles. The molecular formula is C15H24IN. The molecule has 1 nitrogen and oxygen atoms in total. The van der Waals surface area contributed by atoms with E-state index in [9.17, 15) is 0 Å². The molecule has 1 rings (SSSR count). The highest BCUT2D eigenvalue weighted by molar-refractivity contribution is 14.1.